The van der Waals surface area contributed by atoms with Gasteiger partial charge in [0.15, 0.2) is 0 Å². The van der Waals surface area contributed by atoms with Crippen LogP contribution in [0.25, 0.3) is 0 Å². The predicted molar refractivity (Wildman–Crippen MR) is 113 cm³/mol. The Balaban J connectivity index is 1.31. The highest BCUT2D eigenvalue weighted by Crippen LogP contribution is 2.41. The Morgan fingerprint density at radius 1 is 1.37 bits per heavy atom. The van der Waals surface area contributed by atoms with Crippen LogP contribution >= 0.6 is 11.6 Å². The summed E-state index contributed by atoms with van der Waals surface area (Å²) in [7, 11) is 0. The van der Waals surface area contributed by atoms with Crippen molar-refractivity contribution < 1.29 is 24.5 Å². The summed E-state index contributed by atoms with van der Waals surface area (Å²) in [5, 5.41) is 23.5. The topological polar surface area (TPSA) is 91.3 Å². The summed E-state index contributed by atoms with van der Waals surface area (Å²) in [4.78, 5) is 13.5. The molecule has 0 unspecified atom stereocenters. The number of anilines is 1. The second-order valence-electron chi connectivity index (χ2n) is 8.03. The fourth-order valence-electron chi connectivity index (χ4n) is 4.17. The third-order valence-electron chi connectivity index (χ3n) is 5.43. The average Bonchev–Trinajstić information content (AvgIpc) is 3.23. The molecule has 0 radical (unpaired) electrons. The van der Waals surface area contributed by atoms with Crippen LogP contribution in [-0.2, 0) is 11.2 Å². The number of fused-ring (bicyclic) bond motifs is 1. The molecule has 0 saturated carbocycles. The number of likely N-dealkylation sites (tertiary alicyclic amines) is 1. The lowest BCUT2D eigenvalue weighted by Crippen LogP contribution is -2.40. The molecule has 2 aliphatic heterocycles. The molecule has 0 aromatic heterocycles. The van der Waals surface area contributed by atoms with Crippen molar-refractivity contribution >= 4 is 23.2 Å². The standard InChI is InChI=1S/C22H25ClN2O5/c1-14(26)24-19-4-3-17(27)9-21(19)29-12-18(28)11-25-7-6-22(13-25)10-15-8-16(23)2-5-20(15)30-22/h2-5,8-9,18,27-28H,6-7,10-13H2,1H3,(H,24,26)/t18-,22+/m0/s1. The van der Waals surface area contributed by atoms with Crippen LogP contribution in [0, 0.1) is 0 Å². The van der Waals surface area contributed by atoms with Crippen LogP contribution in [0.15, 0.2) is 36.4 Å². The largest absolute Gasteiger partial charge is 0.508 e. The van der Waals surface area contributed by atoms with Crippen LogP contribution in [0.4, 0.5) is 5.69 Å². The fourth-order valence-corrected chi connectivity index (χ4v) is 4.37. The van der Waals surface area contributed by atoms with E-state index in [1.807, 2.05) is 18.2 Å². The highest BCUT2D eigenvalue weighted by molar-refractivity contribution is 6.30. The molecule has 7 nitrogen and oxygen atoms in total. The monoisotopic (exact) mass is 432 g/mol. The normalized spacial score (nSPS) is 21.3. The summed E-state index contributed by atoms with van der Waals surface area (Å²) in [6, 6.07) is 10.1. The molecule has 0 bridgehead atoms. The number of phenols is 1. The number of amides is 1. The summed E-state index contributed by atoms with van der Waals surface area (Å²) < 4.78 is 11.9. The van der Waals surface area contributed by atoms with Gasteiger partial charge >= 0.3 is 0 Å². The highest BCUT2D eigenvalue weighted by Gasteiger charge is 2.45. The van der Waals surface area contributed by atoms with Crippen LogP contribution in [-0.4, -0.2) is 59.0 Å². The summed E-state index contributed by atoms with van der Waals surface area (Å²) in [5.74, 6) is 0.980. The maximum atomic E-state index is 11.3. The molecule has 2 heterocycles. The Hall–Kier alpha value is -2.48. The minimum absolute atomic E-state index is 0.0214. The maximum Gasteiger partial charge on any atom is 0.221 e. The lowest BCUT2D eigenvalue weighted by molar-refractivity contribution is -0.114. The van der Waals surface area contributed by atoms with Gasteiger partial charge in [-0.15, -0.1) is 0 Å². The van der Waals surface area contributed by atoms with Gasteiger partial charge in [-0.05, 0) is 35.9 Å². The zero-order chi connectivity index (χ0) is 21.3. The number of rotatable bonds is 6. The number of phenolic OH excluding ortho intramolecular Hbond substituents is 1. The molecule has 8 heteroatoms. The molecule has 30 heavy (non-hydrogen) atoms. The number of hydrogen-bond donors (Lipinski definition) is 3. The SMILES string of the molecule is CC(=O)Nc1ccc(O)cc1OC[C@@H](O)CN1CC[C@@]2(Cc3cc(Cl)ccc3O2)C1. The van der Waals surface area contributed by atoms with Gasteiger partial charge in [0.2, 0.25) is 5.91 Å². The van der Waals surface area contributed by atoms with E-state index in [2.05, 4.69) is 10.2 Å². The van der Waals surface area contributed by atoms with Crippen molar-refractivity contribution in [2.24, 2.45) is 0 Å². The van der Waals surface area contributed by atoms with Gasteiger partial charge < -0.3 is 25.0 Å². The van der Waals surface area contributed by atoms with Crippen LogP contribution in [0.1, 0.15) is 18.9 Å². The first kappa shape index (κ1) is 20.8. The van der Waals surface area contributed by atoms with E-state index in [4.69, 9.17) is 21.1 Å². The second kappa shape index (κ2) is 8.34. The number of aliphatic hydroxyl groups excluding tert-OH is 1. The highest BCUT2D eigenvalue weighted by atomic mass is 35.5. The molecule has 1 spiro atoms. The number of carbonyl (C=O) groups excluding carboxylic acids is 1. The Morgan fingerprint density at radius 3 is 3.00 bits per heavy atom. The number of nitrogens with zero attached hydrogens (tertiary/aromatic N) is 1. The van der Waals surface area contributed by atoms with Crippen molar-refractivity contribution in [3.05, 3.63) is 47.0 Å². The van der Waals surface area contributed by atoms with Gasteiger partial charge in [0, 0.05) is 50.5 Å². The summed E-state index contributed by atoms with van der Waals surface area (Å²) in [5.41, 5.74) is 1.31. The van der Waals surface area contributed by atoms with Crippen LogP contribution < -0.4 is 14.8 Å². The van der Waals surface area contributed by atoms with Crippen LogP contribution in [0.2, 0.25) is 5.02 Å². The van der Waals surface area contributed by atoms with Crippen molar-refractivity contribution in [3.63, 3.8) is 0 Å². The minimum Gasteiger partial charge on any atom is -0.508 e. The summed E-state index contributed by atoms with van der Waals surface area (Å²) in [6.07, 6.45) is 0.965. The molecule has 1 amide bonds. The van der Waals surface area contributed by atoms with E-state index in [0.29, 0.717) is 23.0 Å². The zero-order valence-electron chi connectivity index (χ0n) is 16.7. The van der Waals surface area contributed by atoms with E-state index in [-0.39, 0.29) is 23.9 Å². The maximum absolute atomic E-state index is 11.3. The van der Waals surface area contributed by atoms with Crippen molar-refractivity contribution in [1.82, 2.24) is 4.90 Å². The van der Waals surface area contributed by atoms with Crippen molar-refractivity contribution in [3.8, 4) is 17.2 Å². The fraction of sp³-hybridized carbons (Fsp3) is 0.409. The van der Waals surface area contributed by atoms with Gasteiger partial charge in [0.05, 0.1) is 5.69 Å². The van der Waals surface area contributed by atoms with Gasteiger partial charge in [-0.1, -0.05) is 11.6 Å². The molecular weight excluding hydrogens is 408 g/mol. The van der Waals surface area contributed by atoms with E-state index in [0.717, 1.165) is 37.2 Å². The molecule has 160 valence electrons. The van der Waals surface area contributed by atoms with Gasteiger partial charge in [0.25, 0.3) is 0 Å². The van der Waals surface area contributed by atoms with E-state index in [1.165, 1.54) is 19.1 Å². The molecule has 1 saturated heterocycles. The van der Waals surface area contributed by atoms with Crippen LogP contribution in [0.5, 0.6) is 17.2 Å². The van der Waals surface area contributed by atoms with Gasteiger partial charge in [0.1, 0.15) is 35.6 Å². The smallest absolute Gasteiger partial charge is 0.221 e. The molecule has 2 aromatic rings. The number of aromatic hydroxyl groups is 1. The summed E-state index contributed by atoms with van der Waals surface area (Å²) in [6.45, 7) is 3.42. The first-order chi connectivity index (χ1) is 14.3. The quantitative estimate of drug-likeness (QED) is 0.608. The Morgan fingerprint density at radius 2 is 2.20 bits per heavy atom. The Kier molecular flexibility index (Phi) is 5.77. The van der Waals surface area contributed by atoms with E-state index >= 15 is 0 Å². The van der Waals surface area contributed by atoms with Crippen molar-refractivity contribution in [1.29, 1.82) is 0 Å². The molecule has 2 aromatic carbocycles. The van der Waals surface area contributed by atoms with Crippen LogP contribution in [0.3, 0.4) is 0 Å². The van der Waals surface area contributed by atoms with Crippen molar-refractivity contribution in [2.75, 3.05) is 31.6 Å². The number of nitrogens with one attached hydrogen (secondary N) is 1. The number of ether oxygens (including phenoxy) is 2. The van der Waals surface area contributed by atoms with Gasteiger partial charge in [-0.3, -0.25) is 9.69 Å². The first-order valence-electron chi connectivity index (χ1n) is 9.93. The zero-order valence-corrected chi connectivity index (χ0v) is 17.5. The van der Waals surface area contributed by atoms with Crippen molar-refractivity contribution in [2.45, 2.75) is 31.5 Å². The third-order valence-corrected chi connectivity index (χ3v) is 5.67. The summed E-state index contributed by atoms with van der Waals surface area (Å²) >= 11 is 6.10. The molecule has 2 aliphatic rings. The average molecular weight is 433 g/mol. The second-order valence-corrected chi connectivity index (χ2v) is 8.46. The molecule has 3 N–H and O–H groups in total. The Labute approximate surface area is 180 Å². The molecular formula is C22H25ClN2O5. The molecule has 4 rings (SSSR count). The minimum atomic E-state index is -0.731. The lowest BCUT2D eigenvalue weighted by Gasteiger charge is -2.25. The molecule has 1 fully saturated rings. The number of benzene rings is 2. The van der Waals surface area contributed by atoms with E-state index in [1.54, 1.807) is 6.07 Å². The predicted octanol–water partition coefficient (Wildman–Crippen LogP) is 2.82. The van der Waals surface area contributed by atoms with Gasteiger partial charge in [-0.2, -0.15) is 0 Å². The number of carbonyl (C=O) groups is 1. The first-order valence-corrected chi connectivity index (χ1v) is 10.3. The van der Waals surface area contributed by atoms with E-state index in [9.17, 15) is 15.0 Å². The third kappa shape index (κ3) is 4.64. The molecule has 2 atom stereocenters. The number of aliphatic hydroxyl groups is 1. The van der Waals surface area contributed by atoms with Gasteiger partial charge in [-0.25, -0.2) is 0 Å². The number of hydrogen-bond acceptors (Lipinski definition) is 6. The Bertz CT molecular complexity index is 953. The molecule has 0 aliphatic carbocycles. The number of halogens is 1. The van der Waals surface area contributed by atoms with E-state index < -0.39 is 6.10 Å². The number of β-amino-alcohol motifs (C(OH)–C–C–N with tert-alkyl or cyclic N) is 1. The lowest BCUT2D eigenvalue weighted by atomic mass is 9.96.